The van der Waals surface area contributed by atoms with Gasteiger partial charge in [0.25, 0.3) is 5.91 Å². The molecule has 4 aromatic rings. The van der Waals surface area contributed by atoms with Gasteiger partial charge in [0.05, 0.1) is 5.52 Å². The van der Waals surface area contributed by atoms with Gasteiger partial charge in [-0.15, -0.1) is 0 Å². The van der Waals surface area contributed by atoms with Crippen LogP contribution in [0.3, 0.4) is 0 Å². The van der Waals surface area contributed by atoms with Crippen LogP contribution in [0, 0.1) is 6.92 Å². The lowest BCUT2D eigenvalue weighted by Crippen LogP contribution is -2.13. The van der Waals surface area contributed by atoms with E-state index in [0.29, 0.717) is 11.3 Å². The first-order chi connectivity index (χ1) is 10.6. The highest BCUT2D eigenvalue weighted by Crippen LogP contribution is 2.25. The first kappa shape index (κ1) is 12.7. The van der Waals surface area contributed by atoms with E-state index in [0.717, 1.165) is 27.5 Å². The average molecular weight is 289 g/mol. The van der Waals surface area contributed by atoms with Crippen LogP contribution in [0.25, 0.3) is 21.8 Å². The van der Waals surface area contributed by atoms with Crippen molar-refractivity contribution in [2.24, 2.45) is 0 Å². The summed E-state index contributed by atoms with van der Waals surface area (Å²) in [5, 5.41) is 1.91. The Morgan fingerprint density at radius 3 is 2.86 bits per heavy atom. The minimum atomic E-state index is -0.0255. The third-order valence-corrected chi connectivity index (χ3v) is 4.04. The predicted molar refractivity (Wildman–Crippen MR) is 89.1 cm³/mol. The fourth-order valence-corrected chi connectivity index (χ4v) is 3.03. The molecule has 0 fully saturated rings. The van der Waals surface area contributed by atoms with Crippen molar-refractivity contribution in [1.82, 2.24) is 9.55 Å². The van der Waals surface area contributed by atoms with Crippen LogP contribution in [-0.4, -0.2) is 15.5 Å². The second kappa shape index (κ2) is 4.49. The Morgan fingerprint density at radius 2 is 2.00 bits per heavy atom. The summed E-state index contributed by atoms with van der Waals surface area (Å²) >= 11 is 0. The standard InChI is InChI=1S/C18H15N3O/c1-11-9-12-10-13(19)5-6-17(12)21(11)18(22)15-3-2-4-16-14(15)7-8-20-16/h2-10,20H,19H2,1H3. The molecule has 0 saturated heterocycles. The highest BCUT2D eigenvalue weighted by molar-refractivity contribution is 6.10. The molecule has 4 rings (SSSR count). The SMILES string of the molecule is Cc1cc2cc(N)ccc2n1C(=O)c1cccc2[nH]ccc12. The number of carbonyl (C=O) groups is 1. The van der Waals surface area contributed by atoms with Gasteiger partial charge >= 0.3 is 0 Å². The van der Waals surface area contributed by atoms with Gasteiger partial charge < -0.3 is 10.7 Å². The van der Waals surface area contributed by atoms with E-state index in [1.54, 1.807) is 4.57 Å². The Balaban J connectivity index is 1.97. The number of hydrogen-bond donors (Lipinski definition) is 2. The number of anilines is 1. The number of aromatic amines is 1. The molecule has 2 heterocycles. The second-order valence-electron chi connectivity index (χ2n) is 5.49. The first-order valence-corrected chi connectivity index (χ1v) is 7.13. The number of H-pyrrole nitrogens is 1. The number of carbonyl (C=O) groups excluding carboxylic acids is 1. The molecule has 2 aromatic carbocycles. The molecular weight excluding hydrogens is 274 g/mol. The van der Waals surface area contributed by atoms with Gasteiger partial charge in [0.1, 0.15) is 0 Å². The molecule has 3 N–H and O–H groups in total. The highest BCUT2D eigenvalue weighted by atomic mass is 16.2. The molecule has 0 aliphatic carbocycles. The Labute approximate surface area is 127 Å². The maximum atomic E-state index is 13.1. The summed E-state index contributed by atoms with van der Waals surface area (Å²) in [5.41, 5.74) is 9.96. The van der Waals surface area contributed by atoms with E-state index in [1.165, 1.54) is 0 Å². The van der Waals surface area contributed by atoms with E-state index >= 15 is 0 Å². The number of fused-ring (bicyclic) bond motifs is 2. The van der Waals surface area contributed by atoms with E-state index in [1.807, 2.05) is 61.7 Å². The van der Waals surface area contributed by atoms with Gasteiger partial charge in [-0.1, -0.05) is 6.07 Å². The molecule has 0 saturated carbocycles. The Morgan fingerprint density at radius 1 is 1.14 bits per heavy atom. The molecule has 0 atom stereocenters. The van der Waals surface area contributed by atoms with Gasteiger partial charge in [-0.3, -0.25) is 9.36 Å². The van der Waals surface area contributed by atoms with E-state index < -0.39 is 0 Å². The monoisotopic (exact) mass is 289 g/mol. The lowest BCUT2D eigenvalue weighted by Gasteiger charge is -2.08. The summed E-state index contributed by atoms with van der Waals surface area (Å²) in [6.07, 6.45) is 1.85. The average Bonchev–Trinajstić information content (AvgIpc) is 3.09. The number of nitrogens with zero attached hydrogens (tertiary/aromatic N) is 1. The third-order valence-electron chi connectivity index (χ3n) is 4.04. The van der Waals surface area contributed by atoms with E-state index in [2.05, 4.69) is 4.98 Å². The van der Waals surface area contributed by atoms with Gasteiger partial charge in [-0.05, 0) is 49.4 Å². The fourth-order valence-electron chi connectivity index (χ4n) is 3.03. The van der Waals surface area contributed by atoms with Crippen LogP contribution in [0.2, 0.25) is 0 Å². The highest BCUT2D eigenvalue weighted by Gasteiger charge is 2.17. The topological polar surface area (TPSA) is 63.8 Å². The summed E-state index contributed by atoms with van der Waals surface area (Å²) in [6, 6.07) is 15.3. The molecular formula is C18H15N3O. The van der Waals surface area contributed by atoms with Crippen molar-refractivity contribution in [3.05, 3.63) is 66.0 Å². The van der Waals surface area contributed by atoms with Crippen LogP contribution in [0.15, 0.2) is 54.7 Å². The smallest absolute Gasteiger partial charge is 0.263 e. The minimum absolute atomic E-state index is 0.0255. The van der Waals surface area contributed by atoms with Crippen LogP contribution >= 0.6 is 0 Å². The van der Waals surface area contributed by atoms with Crippen molar-refractivity contribution in [2.75, 3.05) is 5.73 Å². The van der Waals surface area contributed by atoms with Gasteiger partial charge in [0.2, 0.25) is 0 Å². The van der Waals surface area contributed by atoms with Crippen molar-refractivity contribution >= 4 is 33.4 Å². The predicted octanol–water partition coefficient (Wildman–Crippen LogP) is 3.70. The fraction of sp³-hybridized carbons (Fsp3) is 0.0556. The molecule has 0 amide bonds. The molecule has 0 spiro atoms. The van der Waals surface area contributed by atoms with Crippen molar-refractivity contribution in [1.29, 1.82) is 0 Å². The number of rotatable bonds is 1. The zero-order valence-corrected chi connectivity index (χ0v) is 12.1. The van der Waals surface area contributed by atoms with Gasteiger partial charge in [0.15, 0.2) is 0 Å². The van der Waals surface area contributed by atoms with Crippen molar-refractivity contribution in [2.45, 2.75) is 6.92 Å². The first-order valence-electron chi connectivity index (χ1n) is 7.13. The van der Waals surface area contributed by atoms with Gasteiger partial charge in [-0.25, -0.2) is 0 Å². The summed E-state index contributed by atoms with van der Waals surface area (Å²) in [5.74, 6) is -0.0255. The Bertz CT molecular complexity index is 1020. The molecule has 2 aromatic heterocycles. The number of aryl methyl sites for hydroxylation is 1. The molecule has 0 unspecified atom stereocenters. The lowest BCUT2D eigenvalue weighted by molar-refractivity contribution is 0.0965. The minimum Gasteiger partial charge on any atom is -0.399 e. The van der Waals surface area contributed by atoms with E-state index in [-0.39, 0.29) is 5.91 Å². The van der Waals surface area contributed by atoms with E-state index in [9.17, 15) is 4.79 Å². The van der Waals surface area contributed by atoms with Crippen LogP contribution in [0.5, 0.6) is 0 Å². The lowest BCUT2D eigenvalue weighted by atomic mass is 10.1. The molecule has 0 radical (unpaired) electrons. The number of nitrogen functional groups attached to an aromatic ring is 1. The zero-order chi connectivity index (χ0) is 15.3. The van der Waals surface area contributed by atoms with Crippen LogP contribution < -0.4 is 5.73 Å². The molecule has 4 heteroatoms. The molecule has 108 valence electrons. The Kier molecular flexibility index (Phi) is 2.60. The summed E-state index contributed by atoms with van der Waals surface area (Å²) in [4.78, 5) is 16.2. The zero-order valence-electron chi connectivity index (χ0n) is 12.1. The molecule has 0 bridgehead atoms. The maximum Gasteiger partial charge on any atom is 0.263 e. The number of aromatic nitrogens is 2. The molecule has 22 heavy (non-hydrogen) atoms. The quantitative estimate of drug-likeness (QED) is 0.525. The maximum absolute atomic E-state index is 13.1. The van der Waals surface area contributed by atoms with Crippen molar-refractivity contribution in [3.8, 4) is 0 Å². The van der Waals surface area contributed by atoms with E-state index in [4.69, 9.17) is 5.73 Å². The number of benzene rings is 2. The van der Waals surface area contributed by atoms with Gasteiger partial charge in [-0.2, -0.15) is 0 Å². The summed E-state index contributed by atoms with van der Waals surface area (Å²) in [7, 11) is 0. The van der Waals surface area contributed by atoms with Gasteiger partial charge in [0, 0.05) is 39.4 Å². The normalized spacial score (nSPS) is 11.3. The van der Waals surface area contributed by atoms with Crippen LogP contribution in [0.4, 0.5) is 5.69 Å². The van der Waals surface area contributed by atoms with Crippen LogP contribution in [-0.2, 0) is 0 Å². The van der Waals surface area contributed by atoms with Crippen molar-refractivity contribution in [3.63, 3.8) is 0 Å². The number of hydrogen-bond acceptors (Lipinski definition) is 2. The number of nitrogens with two attached hydrogens (primary N) is 1. The molecule has 4 nitrogen and oxygen atoms in total. The largest absolute Gasteiger partial charge is 0.399 e. The number of nitrogens with one attached hydrogen (secondary N) is 1. The Hall–Kier alpha value is -3.01. The molecule has 0 aliphatic heterocycles. The summed E-state index contributed by atoms with van der Waals surface area (Å²) < 4.78 is 1.75. The molecule has 0 aliphatic rings. The van der Waals surface area contributed by atoms with Crippen LogP contribution in [0.1, 0.15) is 16.1 Å². The second-order valence-corrected chi connectivity index (χ2v) is 5.49. The van der Waals surface area contributed by atoms with Crippen molar-refractivity contribution < 1.29 is 4.79 Å². The summed E-state index contributed by atoms with van der Waals surface area (Å²) in [6.45, 7) is 1.94. The third kappa shape index (κ3) is 1.74.